The van der Waals surface area contributed by atoms with Crippen LogP contribution in [0.3, 0.4) is 0 Å². The van der Waals surface area contributed by atoms with Gasteiger partial charge in [-0.15, -0.1) is 0 Å². The van der Waals surface area contributed by atoms with Gasteiger partial charge in [-0.1, -0.05) is 30.3 Å². The van der Waals surface area contributed by atoms with Crippen LogP contribution in [0, 0.1) is 10.1 Å². The van der Waals surface area contributed by atoms with Gasteiger partial charge in [0.15, 0.2) is 0 Å². The van der Waals surface area contributed by atoms with Crippen LogP contribution in [0.25, 0.3) is 6.08 Å². The average Bonchev–Trinajstić information content (AvgIpc) is 3.00. The molecule has 0 radical (unpaired) electrons. The molecule has 0 amide bonds. The SMILES string of the molecule is O=[N+]([O-])c1ccc2c(c1)C(N1CCOCC1)/C(=C/c1ccccc1)O2. The summed E-state index contributed by atoms with van der Waals surface area (Å²) in [6.45, 7) is 2.84. The third-order valence-electron chi connectivity index (χ3n) is 4.52. The summed E-state index contributed by atoms with van der Waals surface area (Å²) in [5, 5.41) is 11.2. The maximum absolute atomic E-state index is 11.2. The van der Waals surface area contributed by atoms with E-state index in [9.17, 15) is 10.1 Å². The monoisotopic (exact) mass is 338 g/mol. The van der Waals surface area contributed by atoms with Gasteiger partial charge in [0.2, 0.25) is 0 Å². The van der Waals surface area contributed by atoms with E-state index in [0.29, 0.717) is 19.0 Å². The second-order valence-electron chi connectivity index (χ2n) is 6.09. The van der Waals surface area contributed by atoms with Gasteiger partial charge in [0.25, 0.3) is 5.69 Å². The molecule has 4 rings (SSSR count). The number of nitro groups is 1. The molecule has 2 aliphatic rings. The van der Waals surface area contributed by atoms with E-state index in [1.807, 2.05) is 36.4 Å². The number of rotatable bonds is 3. The number of hydrogen-bond donors (Lipinski definition) is 0. The minimum Gasteiger partial charge on any atom is -0.459 e. The number of hydrogen-bond acceptors (Lipinski definition) is 5. The molecule has 1 atom stereocenters. The number of benzene rings is 2. The first-order valence-corrected chi connectivity index (χ1v) is 8.27. The summed E-state index contributed by atoms with van der Waals surface area (Å²) < 4.78 is 11.5. The molecule has 0 aromatic heterocycles. The molecule has 2 aromatic carbocycles. The summed E-state index contributed by atoms with van der Waals surface area (Å²) in [6.07, 6.45) is 2.01. The molecule has 1 unspecified atom stereocenters. The molecule has 0 N–H and O–H groups in total. The Balaban J connectivity index is 1.76. The maximum Gasteiger partial charge on any atom is 0.270 e. The summed E-state index contributed by atoms with van der Waals surface area (Å²) in [5.74, 6) is 1.48. The normalized spacial score (nSPS) is 21.8. The summed E-state index contributed by atoms with van der Waals surface area (Å²) in [7, 11) is 0. The summed E-state index contributed by atoms with van der Waals surface area (Å²) in [6, 6.07) is 14.6. The van der Waals surface area contributed by atoms with E-state index >= 15 is 0 Å². The van der Waals surface area contributed by atoms with E-state index in [1.54, 1.807) is 12.1 Å². The highest BCUT2D eigenvalue weighted by Gasteiger charge is 2.36. The molecule has 0 spiro atoms. The molecule has 0 saturated carbocycles. The fraction of sp³-hybridized carbons (Fsp3) is 0.263. The fourth-order valence-corrected chi connectivity index (χ4v) is 3.33. The molecule has 6 nitrogen and oxygen atoms in total. The van der Waals surface area contributed by atoms with Gasteiger partial charge < -0.3 is 9.47 Å². The van der Waals surface area contributed by atoms with Crippen molar-refractivity contribution in [1.82, 2.24) is 4.90 Å². The first-order valence-electron chi connectivity index (χ1n) is 8.27. The van der Waals surface area contributed by atoms with Crippen LogP contribution in [0.2, 0.25) is 0 Å². The Morgan fingerprint density at radius 2 is 1.88 bits per heavy atom. The quantitative estimate of drug-likeness (QED) is 0.634. The highest BCUT2D eigenvalue weighted by atomic mass is 16.6. The molecule has 2 aromatic rings. The molecule has 0 bridgehead atoms. The van der Waals surface area contributed by atoms with Crippen molar-refractivity contribution < 1.29 is 14.4 Å². The zero-order valence-corrected chi connectivity index (χ0v) is 13.6. The molecule has 25 heavy (non-hydrogen) atoms. The zero-order chi connectivity index (χ0) is 17.2. The van der Waals surface area contributed by atoms with Crippen molar-refractivity contribution in [3.8, 4) is 5.75 Å². The number of non-ortho nitro benzene ring substituents is 1. The van der Waals surface area contributed by atoms with Gasteiger partial charge in [-0.05, 0) is 17.7 Å². The van der Waals surface area contributed by atoms with Crippen LogP contribution < -0.4 is 4.74 Å². The van der Waals surface area contributed by atoms with Crippen LogP contribution in [-0.4, -0.2) is 36.1 Å². The first-order chi connectivity index (χ1) is 12.2. The van der Waals surface area contributed by atoms with Gasteiger partial charge in [0, 0.05) is 30.8 Å². The highest BCUT2D eigenvalue weighted by molar-refractivity contribution is 5.60. The van der Waals surface area contributed by atoms with Crippen molar-refractivity contribution in [2.24, 2.45) is 0 Å². The highest BCUT2D eigenvalue weighted by Crippen LogP contribution is 2.45. The predicted octanol–water partition coefficient (Wildman–Crippen LogP) is 3.40. The van der Waals surface area contributed by atoms with Gasteiger partial charge in [0.1, 0.15) is 11.5 Å². The smallest absolute Gasteiger partial charge is 0.270 e. The van der Waals surface area contributed by atoms with Gasteiger partial charge in [-0.2, -0.15) is 0 Å². The minimum atomic E-state index is -0.366. The zero-order valence-electron chi connectivity index (χ0n) is 13.6. The van der Waals surface area contributed by atoms with E-state index in [4.69, 9.17) is 9.47 Å². The lowest BCUT2D eigenvalue weighted by molar-refractivity contribution is -0.384. The van der Waals surface area contributed by atoms with Gasteiger partial charge in [-0.3, -0.25) is 15.0 Å². The summed E-state index contributed by atoms with van der Waals surface area (Å²) in [4.78, 5) is 13.1. The van der Waals surface area contributed by atoms with Gasteiger partial charge in [0.05, 0.1) is 24.2 Å². The van der Waals surface area contributed by atoms with Crippen LogP contribution in [0.4, 0.5) is 5.69 Å². The summed E-state index contributed by atoms with van der Waals surface area (Å²) >= 11 is 0. The van der Waals surface area contributed by atoms with Crippen molar-refractivity contribution in [2.45, 2.75) is 6.04 Å². The number of nitro benzene ring substituents is 1. The van der Waals surface area contributed by atoms with E-state index in [1.165, 1.54) is 6.07 Å². The van der Waals surface area contributed by atoms with Gasteiger partial charge in [-0.25, -0.2) is 0 Å². The van der Waals surface area contributed by atoms with Crippen LogP contribution in [0.1, 0.15) is 17.2 Å². The Kier molecular flexibility index (Phi) is 4.21. The first kappa shape index (κ1) is 15.8. The topological polar surface area (TPSA) is 64.8 Å². The molecule has 0 aliphatic carbocycles. The van der Waals surface area contributed by atoms with Crippen molar-refractivity contribution in [1.29, 1.82) is 0 Å². The van der Waals surface area contributed by atoms with Crippen molar-refractivity contribution in [2.75, 3.05) is 26.3 Å². The van der Waals surface area contributed by atoms with E-state index in [0.717, 1.165) is 30.0 Å². The Morgan fingerprint density at radius 3 is 2.60 bits per heavy atom. The minimum absolute atomic E-state index is 0.0848. The standard InChI is InChI=1S/C19H18N2O4/c22-21(23)15-6-7-17-16(13-15)19(20-8-10-24-11-9-20)18(25-17)12-14-4-2-1-3-5-14/h1-7,12-13,19H,8-11H2/b18-12-. The predicted molar refractivity (Wildman–Crippen MR) is 93.3 cm³/mol. The number of morpholine rings is 1. The molecule has 128 valence electrons. The molecule has 1 fully saturated rings. The molecule has 6 heteroatoms. The van der Waals surface area contributed by atoms with E-state index in [-0.39, 0.29) is 16.7 Å². The number of ether oxygens (including phenoxy) is 2. The Bertz CT molecular complexity index is 813. The van der Waals surface area contributed by atoms with Crippen molar-refractivity contribution >= 4 is 11.8 Å². The van der Waals surface area contributed by atoms with Gasteiger partial charge >= 0.3 is 0 Å². The van der Waals surface area contributed by atoms with E-state index < -0.39 is 0 Å². The molecule has 1 saturated heterocycles. The lowest BCUT2D eigenvalue weighted by Gasteiger charge is -2.32. The Hall–Kier alpha value is -2.70. The third kappa shape index (κ3) is 3.14. The van der Waals surface area contributed by atoms with Crippen LogP contribution >= 0.6 is 0 Å². The average molecular weight is 338 g/mol. The molecule has 2 aliphatic heterocycles. The second kappa shape index (κ2) is 6.66. The van der Waals surface area contributed by atoms with Crippen LogP contribution in [-0.2, 0) is 4.74 Å². The van der Waals surface area contributed by atoms with Crippen LogP contribution in [0.5, 0.6) is 5.75 Å². The second-order valence-corrected chi connectivity index (χ2v) is 6.09. The molecule has 2 heterocycles. The number of fused-ring (bicyclic) bond motifs is 1. The fourth-order valence-electron chi connectivity index (χ4n) is 3.33. The Labute approximate surface area is 145 Å². The third-order valence-corrected chi connectivity index (χ3v) is 4.52. The Morgan fingerprint density at radius 1 is 1.12 bits per heavy atom. The van der Waals surface area contributed by atoms with Crippen molar-refractivity contribution in [3.05, 3.63) is 75.5 Å². The molecular weight excluding hydrogens is 320 g/mol. The van der Waals surface area contributed by atoms with Crippen LogP contribution in [0.15, 0.2) is 54.3 Å². The number of nitrogens with zero attached hydrogens (tertiary/aromatic N) is 2. The largest absolute Gasteiger partial charge is 0.459 e. The molecular formula is C19H18N2O4. The summed E-state index contributed by atoms with van der Waals surface area (Å²) in [5.41, 5.74) is 1.97. The lowest BCUT2D eigenvalue weighted by atomic mass is 10.0. The maximum atomic E-state index is 11.2. The van der Waals surface area contributed by atoms with E-state index in [2.05, 4.69) is 4.90 Å². The lowest BCUT2D eigenvalue weighted by Crippen LogP contribution is -2.39. The van der Waals surface area contributed by atoms with Crippen molar-refractivity contribution in [3.63, 3.8) is 0 Å².